The molecule has 0 aliphatic heterocycles. The second kappa shape index (κ2) is 5.52. The van der Waals surface area contributed by atoms with Gasteiger partial charge in [-0.25, -0.2) is 12.8 Å². The highest BCUT2D eigenvalue weighted by Gasteiger charge is 2.54. The van der Waals surface area contributed by atoms with Crippen LogP contribution in [-0.4, -0.2) is 14.3 Å². The van der Waals surface area contributed by atoms with Gasteiger partial charge in [-0.2, -0.15) is 0 Å². The molecule has 0 heterocycles. The second-order valence-corrected chi connectivity index (χ2v) is 9.34. The molecule has 130 valence electrons. The van der Waals surface area contributed by atoms with Gasteiger partial charge in [0.1, 0.15) is 10.7 Å². The van der Waals surface area contributed by atoms with E-state index in [9.17, 15) is 17.6 Å². The Morgan fingerprint density at radius 2 is 1.58 bits per heavy atom. The first kappa shape index (κ1) is 16.0. The van der Waals surface area contributed by atoms with E-state index < -0.39 is 26.2 Å². The molecule has 4 bridgehead atoms. The third-order valence-electron chi connectivity index (χ3n) is 5.95. The van der Waals surface area contributed by atoms with Crippen molar-refractivity contribution in [1.29, 1.82) is 0 Å². The molecule has 0 radical (unpaired) electrons. The molecule has 4 aliphatic rings. The SMILES string of the molecule is O=C(NNS(=O)(=O)c1ccccc1F)C12CC3CC(CC(C3)C1)C2. The van der Waals surface area contributed by atoms with E-state index in [4.69, 9.17) is 0 Å². The Bertz CT molecular complexity index is 743. The quantitative estimate of drug-likeness (QED) is 0.817. The predicted octanol–water partition coefficient (Wildman–Crippen LogP) is 2.35. The normalized spacial score (nSPS) is 34.3. The van der Waals surface area contributed by atoms with E-state index >= 15 is 0 Å². The number of nitrogens with one attached hydrogen (secondary N) is 2. The highest BCUT2D eigenvalue weighted by molar-refractivity contribution is 7.89. The number of carbonyl (C=O) groups is 1. The molecule has 4 aliphatic carbocycles. The van der Waals surface area contributed by atoms with Crippen LogP contribution in [0.25, 0.3) is 0 Å². The fraction of sp³-hybridized carbons (Fsp3) is 0.588. The van der Waals surface area contributed by atoms with Gasteiger partial charge in [0.15, 0.2) is 0 Å². The van der Waals surface area contributed by atoms with Crippen LogP contribution in [0.2, 0.25) is 0 Å². The maximum Gasteiger partial charge on any atom is 0.260 e. The maximum atomic E-state index is 13.7. The summed E-state index contributed by atoms with van der Waals surface area (Å²) in [4.78, 5) is 14.3. The molecule has 24 heavy (non-hydrogen) atoms. The number of hydrogen-bond donors (Lipinski definition) is 2. The number of hydrogen-bond acceptors (Lipinski definition) is 3. The van der Waals surface area contributed by atoms with Crippen LogP contribution < -0.4 is 10.3 Å². The van der Waals surface area contributed by atoms with Crippen LogP contribution in [0.3, 0.4) is 0 Å². The fourth-order valence-electron chi connectivity index (χ4n) is 5.35. The summed E-state index contributed by atoms with van der Waals surface area (Å²) in [5.41, 5.74) is 1.91. The van der Waals surface area contributed by atoms with Gasteiger partial charge in [0.05, 0.1) is 5.41 Å². The van der Waals surface area contributed by atoms with Gasteiger partial charge in [-0.05, 0) is 68.4 Å². The maximum absolute atomic E-state index is 13.7. The fourth-order valence-corrected chi connectivity index (χ4v) is 6.27. The van der Waals surface area contributed by atoms with Crippen molar-refractivity contribution >= 4 is 15.9 Å². The van der Waals surface area contributed by atoms with E-state index in [2.05, 4.69) is 10.3 Å². The molecule has 4 saturated carbocycles. The Morgan fingerprint density at radius 1 is 1.04 bits per heavy atom. The minimum Gasteiger partial charge on any atom is -0.277 e. The molecule has 1 aromatic rings. The zero-order chi connectivity index (χ0) is 16.9. The van der Waals surface area contributed by atoms with Crippen molar-refractivity contribution < 1.29 is 17.6 Å². The second-order valence-electron chi connectivity index (χ2n) is 7.69. The number of rotatable bonds is 4. The van der Waals surface area contributed by atoms with Crippen molar-refractivity contribution in [3.63, 3.8) is 0 Å². The third-order valence-corrected chi connectivity index (χ3v) is 7.23. The number of benzene rings is 1. The predicted molar refractivity (Wildman–Crippen MR) is 85.5 cm³/mol. The number of hydrazine groups is 1. The topological polar surface area (TPSA) is 75.3 Å². The van der Waals surface area contributed by atoms with Crippen molar-refractivity contribution in [2.75, 3.05) is 0 Å². The van der Waals surface area contributed by atoms with Crippen LogP contribution in [0.15, 0.2) is 29.2 Å². The summed E-state index contributed by atoms with van der Waals surface area (Å²) >= 11 is 0. The zero-order valence-corrected chi connectivity index (χ0v) is 14.1. The standard InChI is InChI=1S/C17H21FN2O3S/c18-14-3-1-2-4-15(14)24(22,23)20-19-16(21)17-8-11-5-12(9-17)7-13(6-11)10-17/h1-4,11-13,20H,5-10H2,(H,19,21). The van der Waals surface area contributed by atoms with Gasteiger partial charge in [0, 0.05) is 0 Å². The van der Waals surface area contributed by atoms with Crippen LogP contribution in [0.4, 0.5) is 4.39 Å². The first-order valence-electron chi connectivity index (χ1n) is 8.45. The Morgan fingerprint density at radius 3 is 2.12 bits per heavy atom. The lowest BCUT2D eigenvalue weighted by atomic mass is 9.49. The van der Waals surface area contributed by atoms with Gasteiger partial charge in [0.2, 0.25) is 5.91 Å². The molecule has 5 nitrogen and oxygen atoms in total. The summed E-state index contributed by atoms with van der Waals surface area (Å²) in [5.74, 6) is 0.663. The van der Waals surface area contributed by atoms with E-state index in [1.807, 2.05) is 0 Å². The third kappa shape index (κ3) is 2.63. The summed E-state index contributed by atoms with van der Waals surface area (Å²) in [6, 6.07) is 5.12. The molecular formula is C17H21FN2O3S. The molecule has 4 fully saturated rings. The van der Waals surface area contributed by atoms with Gasteiger partial charge in [-0.3, -0.25) is 10.2 Å². The summed E-state index contributed by atoms with van der Waals surface area (Å²) in [5, 5.41) is 0. The number of amides is 1. The van der Waals surface area contributed by atoms with Crippen LogP contribution in [0, 0.1) is 29.0 Å². The van der Waals surface area contributed by atoms with Gasteiger partial charge < -0.3 is 0 Å². The molecule has 0 saturated heterocycles. The molecule has 0 unspecified atom stereocenters. The minimum absolute atomic E-state index is 0.262. The molecular weight excluding hydrogens is 331 g/mol. The highest BCUT2D eigenvalue weighted by Crippen LogP contribution is 2.60. The monoisotopic (exact) mass is 352 g/mol. The first-order chi connectivity index (χ1) is 11.4. The van der Waals surface area contributed by atoms with Crippen LogP contribution >= 0.6 is 0 Å². The molecule has 0 spiro atoms. The molecule has 2 N–H and O–H groups in total. The molecule has 0 aromatic heterocycles. The summed E-state index contributed by atoms with van der Waals surface area (Å²) in [7, 11) is -4.11. The Kier molecular flexibility index (Phi) is 3.69. The van der Waals surface area contributed by atoms with Gasteiger partial charge in [-0.1, -0.05) is 12.1 Å². The van der Waals surface area contributed by atoms with Crippen molar-refractivity contribution in [2.45, 2.75) is 43.4 Å². The summed E-state index contributed by atoms with van der Waals surface area (Å²) < 4.78 is 38.1. The molecule has 0 atom stereocenters. The Labute approximate surface area is 141 Å². The largest absolute Gasteiger partial charge is 0.277 e. The van der Waals surface area contributed by atoms with E-state index in [1.165, 1.54) is 37.5 Å². The summed E-state index contributed by atoms with van der Waals surface area (Å²) in [6.45, 7) is 0. The lowest BCUT2D eigenvalue weighted by Crippen LogP contribution is -2.56. The van der Waals surface area contributed by atoms with Gasteiger partial charge in [-0.15, -0.1) is 4.83 Å². The van der Waals surface area contributed by atoms with Crippen molar-refractivity contribution in [2.24, 2.45) is 23.2 Å². The van der Waals surface area contributed by atoms with Crippen molar-refractivity contribution in [3.8, 4) is 0 Å². The highest BCUT2D eigenvalue weighted by atomic mass is 32.2. The zero-order valence-electron chi connectivity index (χ0n) is 13.3. The average Bonchev–Trinajstić information content (AvgIpc) is 2.51. The molecule has 5 rings (SSSR count). The number of sulfonamides is 1. The molecule has 1 aromatic carbocycles. The van der Waals surface area contributed by atoms with Gasteiger partial charge in [0.25, 0.3) is 10.0 Å². The average molecular weight is 352 g/mol. The lowest BCUT2D eigenvalue weighted by Gasteiger charge is -2.55. The molecule has 1 amide bonds. The molecule has 7 heteroatoms. The van der Waals surface area contributed by atoms with E-state index in [-0.39, 0.29) is 5.91 Å². The van der Waals surface area contributed by atoms with Crippen LogP contribution in [-0.2, 0) is 14.8 Å². The van der Waals surface area contributed by atoms with Crippen molar-refractivity contribution in [1.82, 2.24) is 10.3 Å². The first-order valence-corrected chi connectivity index (χ1v) is 9.93. The van der Waals surface area contributed by atoms with Crippen LogP contribution in [0.5, 0.6) is 0 Å². The lowest BCUT2D eigenvalue weighted by molar-refractivity contribution is -0.146. The van der Waals surface area contributed by atoms with E-state index in [0.29, 0.717) is 17.8 Å². The number of halogens is 1. The smallest absolute Gasteiger partial charge is 0.260 e. The Hall–Kier alpha value is -1.47. The van der Waals surface area contributed by atoms with E-state index in [1.54, 1.807) is 0 Å². The Balaban J connectivity index is 1.48. The number of carbonyl (C=O) groups excluding carboxylic acids is 1. The van der Waals surface area contributed by atoms with Gasteiger partial charge >= 0.3 is 0 Å². The minimum atomic E-state index is -4.11. The van der Waals surface area contributed by atoms with Crippen molar-refractivity contribution in [3.05, 3.63) is 30.1 Å². The van der Waals surface area contributed by atoms with Crippen LogP contribution in [0.1, 0.15) is 38.5 Å². The summed E-state index contributed by atoms with van der Waals surface area (Å²) in [6.07, 6.45) is 6.12. The van der Waals surface area contributed by atoms with E-state index in [0.717, 1.165) is 25.3 Å².